The topological polar surface area (TPSA) is 71.1 Å². The summed E-state index contributed by atoms with van der Waals surface area (Å²) in [6.07, 6.45) is 8.96. The van der Waals surface area contributed by atoms with Crippen LogP contribution >= 0.6 is 0 Å². The van der Waals surface area contributed by atoms with E-state index in [1.807, 2.05) is 0 Å². The van der Waals surface area contributed by atoms with Gasteiger partial charge in [0.1, 0.15) is 18.8 Å². The van der Waals surface area contributed by atoms with Gasteiger partial charge in [0.05, 0.1) is 6.61 Å². The second-order valence-electron chi connectivity index (χ2n) is 5.94. The van der Waals surface area contributed by atoms with E-state index in [-0.39, 0.29) is 6.61 Å². The second kappa shape index (κ2) is 12.0. The minimum absolute atomic E-state index is 0.0223. The fourth-order valence-corrected chi connectivity index (χ4v) is 2.44. The zero-order chi connectivity index (χ0) is 17.8. The Morgan fingerprint density at radius 1 is 1.00 bits per heavy atom. The number of hydrogen-bond acceptors (Lipinski definition) is 6. The van der Waals surface area contributed by atoms with Gasteiger partial charge in [-0.25, -0.2) is 0 Å². The molecule has 0 aromatic rings. The molecule has 3 atom stereocenters. The molecule has 0 radical (unpaired) electrons. The van der Waals surface area contributed by atoms with Crippen molar-refractivity contribution in [3.8, 4) is 0 Å². The highest BCUT2D eigenvalue weighted by Gasteiger charge is 2.30. The van der Waals surface area contributed by atoms with Gasteiger partial charge in [0.15, 0.2) is 6.29 Å². The molecule has 24 heavy (non-hydrogen) atoms. The summed E-state index contributed by atoms with van der Waals surface area (Å²) < 4.78 is 21.6. The maximum Gasteiger partial charge on any atom is 0.303 e. The number of esters is 2. The van der Waals surface area contributed by atoms with Crippen molar-refractivity contribution in [1.29, 1.82) is 0 Å². The normalized spacial score (nSPS) is 23.0. The van der Waals surface area contributed by atoms with Crippen LogP contribution in [0.15, 0.2) is 12.2 Å². The highest BCUT2D eigenvalue weighted by Crippen LogP contribution is 2.18. The molecule has 0 fully saturated rings. The van der Waals surface area contributed by atoms with Crippen molar-refractivity contribution in [3.05, 3.63) is 12.2 Å². The van der Waals surface area contributed by atoms with E-state index in [2.05, 4.69) is 6.92 Å². The molecule has 0 spiro atoms. The Kier molecular flexibility index (Phi) is 10.4. The molecular weight excluding hydrogens is 312 g/mol. The number of carbonyl (C=O) groups excluding carboxylic acids is 2. The molecule has 6 nitrogen and oxygen atoms in total. The van der Waals surface area contributed by atoms with Gasteiger partial charge in [-0.2, -0.15) is 0 Å². The van der Waals surface area contributed by atoms with Gasteiger partial charge >= 0.3 is 11.9 Å². The summed E-state index contributed by atoms with van der Waals surface area (Å²) >= 11 is 0. The van der Waals surface area contributed by atoms with Gasteiger partial charge in [-0.3, -0.25) is 9.59 Å². The Morgan fingerprint density at radius 3 is 2.38 bits per heavy atom. The number of rotatable bonds is 11. The summed E-state index contributed by atoms with van der Waals surface area (Å²) in [6, 6.07) is 0. The fraction of sp³-hybridized carbons (Fsp3) is 0.778. The number of ether oxygens (including phenoxy) is 4. The van der Waals surface area contributed by atoms with Crippen molar-refractivity contribution in [2.45, 2.75) is 77.8 Å². The van der Waals surface area contributed by atoms with Crippen LogP contribution in [0.3, 0.4) is 0 Å². The summed E-state index contributed by atoms with van der Waals surface area (Å²) in [4.78, 5) is 22.1. The minimum atomic E-state index is -0.573. The molecule has 0 bridgehead atoms. The lowest BCUT2D eigenvalue weighted by Gasteiger charge is -2.31. The first kappa shape index (κ1) is 20.6. The summed E-state index contributed by atoms with van der Waals surface area (Å²) in [5.74, 6) is -0.813. The number of carbonyl (C=O) groups is 2. The van der Waals surface area contributed by atoms with Crippen LogP contribution in [0, 0.1) is 0 Å². The average Bonchev–Trinajstić information content (AvgIpc) is 2.53. The lowest BCUT2D eigenvalue weighted by Crippen LogP contribution is -2.42. The standard InChI is InChI=1S/C18H30O6/c1-4-5-6-7-8-9-12-21-18-11-10-16(23-15(3)20)17(24-18)13-22-14(2)19/h10-11,16-18H,4-9,12-13H2,1-3H3/t16-,17+,18-/m0/s1. The van der Waals surface area contributed by atoms with Gasteiger partial charge in [-0.15, -0.1) is 0 Å². The minimum Gasteiger partial charge on any atom is -0.463 e. The molecule has 0 amide bonds. The molecule has 0 aromatic heterocycles. The summed E-state index contributed by atoms with van der Waals surface area (Å²) in [5, 5.41) is 0. The first-order chi connectivity index (χ1) is 11.5. The van der Waals surface area contributed by atoms with E-state index in [9.17, 15) is 9.59 Å². The van der Waals surface area contributed by atoms with Crippen LogP contribution in [0.5, 0.6) is 0 Å². The van der Waals surface area contributed by atoms with Crippen molar-refractivity contribution in [2.24, 2.45) is 0 Å². The van der Waals surface area contributed by atoms with Crippen LogP contribution in [-0.2, 0) is 28.5 Å². The zero-order valence-corrected chi connectivity index (χ0v) is 15.0. The molecule has 1 heterocycles. The molecule has 1 aliphatic rings. The van der Waals surface area contributed by atoms with Crippen LogP contribution in [0.25, 0.3) is 0 Å². The van der Waals surface area contributed by atoms with E-state index in [1.54, 1.807) is 12.2 Å². The van der Waals surface area contributed by atoms with Gasteiger partial charge in [-0.1, -0.05) is 39.0 Å². The quantitative estimate of drug-likeness (QED) is 0.326. The first-order valence-electron chi connectivity index (χ1n) is 8.79. The molecule has 0 unspecified atom stereocenters. The Morgan fingerprint density at radius 2 is 1.71 bits per heavy atom. The van der Waals surface area contributed by atoms with E-state index in [4.69, 9.17) is 18.9 Å². The SMILES string of the molecule is CCCCCCCCO[C@@H]1C=C[C@H](OC(C)=O)[C@@H](COC(C)=O)O1. The Hall–Kier alpha value is -1.40. The molecule has 0 saturated heterocycles. The van der Waals surface area contributed by atoms with Gasteiger partial charge < -0.3 is 18.9 Å². The third-order valence-electron chi connectivity index (χ3n) is 3.67. The van der Waals surface area contributed by atoms with Gasteiger partial charge in [0.25, 0.3) is 0 Å². The number of hydrogen-bond donors (Lipinski definition) is 0. The third kappa shape index (κ3) is 9.03. The van der Waals surface area contributed by atoms with E-state index >= 15 is 0 Å². The zero-order valence-electron chi connectivity index (χ0n) is 15.0. The molecule has 138 valence electrons. The fourth-order valence-electron chi connectivity index (χ4n) is 2.44. The second-order valence-corrected chi connectivity index (χ2v) is 5.94. The van der Waals surface area contributed by atoms with Gasteiger partial charge in [0.2, 0.25) is 0 Å². The van der Waals surface area contributed by atoms with E-state index in [0.29, 0.717) is 6.61 Å². The largest absolute Gasteiger partial charge is 0.463 e. The highest BCUT2D eigenvalue weighted by atomic mass is 16.7. The first-order valence-corrected chi connectivity index (χ1v) is 8.79. The molecule has 6 heteroatoms. The molecule has 0 aromatic carbocycles. The monoisotopic (exact) mass is 342 g/mol. The Balaban J connectivity index is 2.35. The molecular formula is C18H30O6. The Labute approximate surface area is 144 Å². The maximum atomic E-state index is 11.1. The summed E-state index contributed by atoms with van der Waals surface area (Å²) in [7, 11) is 0. The highest BCUT2D eigenvalue weighted by molar-refractivity contribution is 5.66. The van der Waals surface area contributed by atoms with Crippen LogP contribution in [0.1, 0.15) is 59.3 Å². The van der Waals surface area contributed by atoms with Crippen molar-refractivity contribution in [3.63, 3.8) is 0 Å². The molecule has 0 aliphatic carbocycles. The van der Waals surface area contributed by atoms with E-state index in [1.165, 1.54) is 39.5 Å². The maximum absolute atomic E-state index is 11.1. The van der Waals surface area contributed by atoms with Crippen molar-refractivity contribution < 1.29 is 28.5 Å². The lowest BCUT2D eigenvalue weighted by atomic mass is 10.1. The van der Waals surface area contributed by atoms with Crippen LogP contribution in [0.2, 0.25) is 0 Å². The lowest BCUT2D eigenvalue weighted by molar-refractivity contribution is -0.197. The summed E-state index contributed by atoms with van der Waals surface area (Å²) in [6.45, 7) is 5.49. The van der Waals surface area contributed by atoms with Crippen LogP contribution in [-0.4, -0.2) is 43.7 Å². The van der Waals surface area contributed by atoms with Gasteiger partial charge in [-0.05, 0) is 18.6 Å². The Bertz CT molecular complexity index is 406. The van der Waals surface area contributed by atoms with Crippen LogP contribution in [0.4, 0.5) is 0 Å². The smallest absolute Gasteiger partial charge is 0.303 e. The predicted molar refractivity (Wildman–Crippen MR) is 89.3 cm³/mol. The van der Waals surface area contributed by atoms with Crippen LogP contribution < -0.4 is 0 Å². The number of unbranched alkanes of at least 4 members (excludes halogenated alkanes) is 5. The van der Waals surface area contributed by atoms with E-state index in [0.717, 1.165) is 12.8 Å². The van der Waals surface area contributed by atoms with Crippen molar-refractivity contribution in [2.75, 3.05) is 13.2 Å². The predicted octanol–water partition coefficient (Wildman–Crippen LogP) is 3.14. The molecule has 0 N–H and O–H groups in total. The van der Waals surface area contributed by atoms with Gasteiger partial charge in [0, 0.05) is 13.8 Å². The van der Waals surface area contributed by atoms with Crippen molar-refractivity contribution >= 4 is 11.9 Å². The molecule has 1 rings (SSSR count). The summed E-state index contributed by atoms with van der Waals surface area (Å²) in [5.41, 5.74) is 0. The third-order valence-corrected chi connectivity index (χ3v) is 3.67. The average molecular weight is 342 g/mol. The molecule has 1 aliphatic heterocycles. The molecule has 0 saturated carbocycles. The van der Waals surface area contributed by atoms with E-state index < -0.39 is 30.4 Å². The van der Waals surface area contributed by atoms with Crippen molar-refractivity contribution in [1.82, 2.24) is 0 Å².